The van der Waals surface area contributed by atoms with Gasteiger partial charge in [0.1, 0.15) is 5.82 Å². The number of aromatic amines is 2. The molecule has 5 N–H and O–H groups in total. The highest BCUT2D eigenvalue weighted by molar-refractivity contribution is 6.13. The average Bonchev–Trinajstić information content (AvgIpc) is 3.04. The Kier molecular flexibility index (Phi) is 2.90. The summed E-state index contributed by atoms with van der Waals surface area (Å²) >= 11 is 0. The molecule has 0 atom stereocenters. The van der Waals surface area contributed by atoms with Crippen LogP contribution in [0.3, 0.4) is 0 Å². The molecule has 6 heteroatoms. The lowest BCUT2D eigenvalue weighted by molar-refractivity contribution is 0.102. The molecular weight excluding hydrogens is 254 g/mol. The minimum atomic E-state index is -0.194. The number of nitrogens with zero attached hydrogens (tertiary/aromatic N) is 1. The average molecular weight is 269 g/mol. The number of nitrogen functional groups attached to an aromatic ring is 1. The van der Waals surface area contributed by atoms with Crippen LogP contribution in [0.5, 0.6) is 0 Å². The van der Waals surface area contributed by atoms with Crippen molar-refractivity contribution in [2.45, 2.75) is 13.3 Å². The molecule has 6 nitrogen and oxygen atoms in total. The fraction of sp³-hybridized carbons (Fsp3) is 0.143. The zero-order valence-corrected chi connectivity index (χ0v) is 11.0. The number of benzene rings is 1. The molecule has 0 saturated carbocycles. The van der Waals surface area contributed by atoms with Crippen molar-refractivity contribution in [3.8, 4) is 0 Å². The van der Waals surface area contributed by atoms with E-state index < -0.39 is 0 Å². The van der Waals surface area contributed by atoms with Crippen LogP contribution in [0.15, 0.2) is 30.6 Å². The number of aromatic nitrogens is 3. The van der Waals surface area contributed by atoms with Gasteiger partial charge >= 0.3 is 0 Å². The molecule has 3 aromatic rings. The van der Waals surface area contributed by atoms with Crippen LogP contribution in [0.1, 0.15) is 22.8 Å². The molecule has 0 aliphatic rings. The second kappa shape index (κ2) is 4.73. The van der Waals surface area contributed by atoms with Gasteiger partial charge in [0, 0.05) is 28.4 Å². The van der Waals surface area contributed by atoms with E-state index in [1.54, 1.807) is 24.5 Å². The fourth-order valence-electron chi connectivity index (χ4n) is 2.19. The van der Waals surface area contributed by atoms with Crippen molar-refractivity contribution < 1.29 is 4.79 Å². The minimum Gasteiger partial charge on any atom is -0.399 e. The SMILES string of the molecule is CCc1cn[nH]c1NC(=O)c1c[nH]c2ccc(N)cc12. The number of H-pyrrole nitrogens is 2. The van der Waals surface area contributed by atoms with Gasteiger partial charge in [0.2, 0.25) is 0 Å². The van der Waals surface area contributed by atoms with Gasteiger partial charge in [-0.05, 0) is 24.6 Å². The van der Waals surface area contributed by atoms with Crippen LogP contribution in [0.4, 0.5) is 11.5 Å². The van der Waals surface area contributed by atoms with E-state index in [1.807, 2.05) is 13.0 Å². The number of nitrogens with one attached hydrogen (secondary N) is 3. The first-order valence-electron chi connectivity index (χ1n) is 6.39. The molecule has 2 aromatic heterocycles. The van der Waals surface area contributed by atoms with Crippen LogP contribution < -0.4 is 11.1 Å². The lowest BCUT2D eigenvalue weighted by Crippen LogP contribution is -2.12. The van der Waals surface area contributed by atoms with Gasteiger partial charge in [0.05, 0.1) is 11.8 Å². The van der Waals surface area contributed by atoms with Crippen molar-refractivity contribution in [2.24, 2.45) is 0 Å². The summed E-state index contributed by atoms with van der Waals surface area (Å²) in [5, 5.41) is 10.4. The van der Waals surface area contributed by atoms with Crippen molar-refractivity contribution in [1.82, 2.24) is 15.2 Å². The summed E-state index contributed by atoms with van der Waals surface area (Å²) in [5.41, 5.74) is 8.81. The van der Waals surface area contributed by atoms with Gasteiger partial charge in [-0.2, -0.15) is 5.10 Å². The van der Waals surface area contributed by atoms with Crippen molar-refractivity contribution >= 4 is 28.3 Å². The molecule has 0 unspecified atom stereocenters. The quantitative estimate of drug-likeness (QED) is 0.549. The predicted octanol–water partition coefficient (Wildman–Crippen LogP) is 2.29. The molecule has 2 heterocycles. The first-order chi connectivity index (χ1) is 9.69. The molecule has 3 rings (SSSR count). The van der Waals surface area contributed by atoms with E-state index in [9.17, 15) is 4.79 Å². The molecule has 0 spiro atoms. The zero-order valence-electron chi connectivity index (χ0n) is 11.0. The summed E-state index contributed by atoms with van der Waals surface area (Å²) in [7, 11) is 0. The number of nitrogens with two attached hydrogens (primary N) is 1. The number of rotatable bonds is 3. The van der Waals surface area contributed by atoms with Crippen LogP contribution in [-0.2, 0) is 6.42 Å². The standard InChI is InChI=1S/C14H15N5O/c1-2-8-6-17-19-13(8)18-14(20)11-7-16-12-4-3-9(15)5-10(11)12/h3-7,16H,2,15H2,1H3,(H2,17,18,19,20). The largest absolute Gasteiger partial charge is 0.399 e. The van der Waals surface area contributed by atoms with Crippen molar-refractivity contribution in [3.63, 3.8) is 0 Å². The maximum absolute atomic E-state index is 12.3. The topological polar surface area (TPSA) is 99.6 Å². The van der Waals surface area contributed by atoms with E-state index in [4.69, 9.17) is 5.73 Å². The first kappa shape index (κ1) is 12.3. The molecule has 0 fully saturated rings. The van der Waals surface area contributed by atoms with E-state index >= 15 is 0 Å². The zero-order chi connectivity index (χ0) is 14.1. The van der Waals surface area contributed by atoms with Crippen molar-refractivity contribution in [2.75, 3.05) is 11.1 Å². The molecule has 1 aromatic carbocycles. The highest BCUT2D eigenvalue weighted by Gasteiger charge is 2.14. The van der Waals surface area contributed by atoms with E-state index in [2.05, 4.69) is 20.5 Å². The number of hydrogen-bond donors (Lipinski definition) is 4. The molecule has 0 aliphatic heterocycles. The van der Waals surface area contributed by atoms with Gasteiger partial charge in [-0.3, -0.25) is 9.89 Å². The minimum absolute atomic E-state index is 0.194. The number of fused-ring (bicyclic) bond motifs is 1. The predicted molar refractivity (Wildman–Crippen MR) is 78.6 cm³/mol. The van der Waals surface area contributed by atoms with Gasteiger partial charge in [-0.25, -0.2) is 0 Å². The Balaban J connectivity index is 1.95. The molecule has 102 valence electrons. The Labute approximate surface area is 115 Å². The molecule has 1 amide bonds. The number of hydrogen-bond acceptors (Lipinski definition) is 3. The van der Waals surface area contributed by atoms with Gasteiger partial charge in [0.25, 0.3) is 5.91 Å². The summed E-state index contributed by atoms with van der Waals surface area (Å²) in [6.45, 7) is 2.01. The molecule has 20 heavy (non-hydrogen) atoms. The van der Waals surface area contributed by atoms with Gasteiger partial charge < -0.3 is 16.0 Å². The van der Waals surface area contributed by atoms with E-state index in [1.165, 1.54) is 0 Å². The highest BCUT2D eigenvalue weighted by atomic mass is 16.1. The second-order valence-corrected chi connectivity index (χ2v) is 4.59. The van der Waals surface area contributed by atoms with Gasteiger partial charge in [-0.15, -0.1) is 0 Å². The van der Waals surface area contributed by atoms with Crippen LogP contribution in [-0.4, -0.2) is 21.1 Å². The molecule has 0 bridgehead atoms. The molecule has 0 aliphatic carbocycles. The Bertz CT molecular complexity index is 771. The monoisotopic (exact) mass is 269 g/mol. The maximum atomic E-state index is 12.3. The number of aryl methyl sites for hydroxylation is 1. The Hall–Kier alpha value is -2.76. The van der Waals surface area contributed by atoms with Crippen LogP contribution in [0, 0.1) is 0 Å². The third-order valence-electron chi connectivity index (χ3n) is 3.29. The summed E-state index contributed by atoms with van der Waals surface area (Å²) in [4.78, 5) is 15.4. The third kappa shape index (κ3) is 2.01. The van der Waals surface area contributed by atoms with Crippen LogP contribution >= 0.6 is 0 Å². The second-order valence-electron chi connectivity index (χ2n) is 4.59. The Morgan fingerprint density at radius 2 is 2.30 bits per heavy atom. The van der Waals surface area contributed by atoms with Crippen LogP contribution in [0.25, 0.3) is 10.9 Å². The van der Waals surface area contributed by atoms with Gasteiger partial charge in [0.15, 0.2) is 0 Å². The van der Waals surface area contributed by atoms with E-state index in [-0.39, 0.29) is 5.91 Å². The molecule has 0 radical (unpaired) electrons. The molecular formula is C14H15N5O. The number of carbonyl (C=O) groups excluding carboxylic acids is 1. The maximum Gasteiger partial charge on any atom is 0.258 e. The number of carbonyl (C=O) groups is 1. The Morgan fingerprint density at radius 1 is 1.45 bits per heavy atom. The third-order valence-corrected chi connectivity index (χ3v) is 3.29. The summed E-state index contributed by atoms with van der Waals surface area (Å²) in [5.74, 6) is 0.441. The lowest BCUT2D eigenvalue weighted by atomic mass is 10.1. The highest BCUT2D eigenvalue weighted by Crippen LogP contribution is 2.22. The first-order valence-corrected chi connectivity index (χ1v) is 6.39. The summed E-state index contributed by atoms with van der Waals surface area (Å²) < 4.78 is 0. The fourth-order valence-corrected chi connectivity index (χ4v) is 2.19. The van der Waals surface area contributed by atoms with E-state index in [0.29, 0.717) is 17.1 Å². The summed E-state index contributed by atoms with van der Waals surface area (Å²) in [6.07, 6.45) is 4.19. The summed E-state index contributed by atoms with van der Waals surface area (Å²) in [6, 6.07) is 5.44. The molecule has 0 saturated heterocycles. The smallest absolute Gasteiger partial charge is 0.258 e. The van der Waals surface area contributed by atoms with Gasteiger partial charge in [-0.1, -0.05) is 6.92 Å². The van der Waals surface area contributed by atoms with E-state index in [0.717, 1.165) is 22.9 Å². The number of amides is 1. The van der Waals surface area contributed by atoms with Crippen LogP contribution in [0.2, 0.25) is 0 Å². The normalized spacial score (nSPS) is 10.8. The van der Waals surface area contributed by atoms with Crippen molar-refractivity contribution in [3.05, 3.63) is 41.7 Å². The Morgan fingerprint density at radius 3 is 3.10 bits per heavy atom. The lowest BCUT2D eigenvalue weighted by Gasteiger charge is -2.04. The van der Waals surface area contributed by atoms with Crippen molar-refractivity contribution in [1.29, 1.82) is 0 Å². The number of anilines is 2.